The van der Waals surface area contributed by atoms with Crippen molar-refractivity contribution in [1.29, 1.82) is 0 Å². The van der Waals surface area contributed by atoms with Gasteiger partial charge in [-0.2, -0.15) is 0 Å². The third-order valence-corrected chi connectivity index (χ3v) is 4.26. The molecule has 1 aromatic rings. The molecule has 1 aliphatic rings. The summed E-state index contributed by atoms with van der Waals surface area (Å²) in [5, 5.41) is 3.42. The van der Waals surface area contributed by atoms with Crippen LogP contribution >= 0.6 is 0 Å². The fraction of sp³-hybridized carbons (Fsp3) is 0.571. The Bertz CT molecular complexity index is 519. The van der Waals surface area contributed by atoms with Crippen molar-refractivity contribution in [3.63, 3.8) is 0 Å². The summed E-state index contributed by atoms with van der Waals surface area (Å²) in [6.07, 6.45) is 5.24. The summed E-state index contributed by atoms with van der Waals surface area (Å²) >= 11 is 0. The molecule has 2 rings (SSSR count). The predicted molar refractivity (Wildman–Crippen MR) is 75.6 cm³/mol. The van der Waals surface area contributed by atoms with Crippen LogP contribution in [0.25, 0.3) is 0 Å². The van der Waals surface area contributed by atoms with Crippen molar-refractivity contribution in [3.05, 3.63) is 29.3 Å². The quantitative estimate of drug-likeness (QED) is 0.862. The highest BCUT2D eigenvalue weighted by molar-refractivity contribution is 7.89. The first-order valence-corrected chi connectivity index (χ1v) is 8.52. The van der Waals surface area contributed by atoms with Crippen LogP contribution in [0, 0.1) is 12.8 Å². The number of benzene rings is 1. The van der Waals surface area contributed by atoms with Gasteiger partial charge < -0.3 is 5.32 Å². The Morgan fingerprint density at radius 1 is 1.33 bits per heavy atom. The molecule has 0 radical (unpaired) electrons. The Hall–Kier alpha value is -1.03. The Kier molecular flexibility index (Phi) is 3.95. The highest BCUT2D eigenvalue weighted by Crippen LogP contribution is 2.32. The summed E-state index contributed by atoms with van der Waals surface area (Å²) in [6.45, 7) is 2.97. The molecule has 0 aromatic heterocycles. The summed E-state index contributed by atoms with van der Waals surface area (Å²) in [7, 11) is -2.97. The molecular weight excluding hydrogens is 246 g/mol. The van der Waals surface area contributed by atoms with E-state index in [9.17, 15) is 8.42 Å². The lowest BCUT2D eigenvalue weighted by Gasteiger charge is -2.12. The highest BCUT2D eigenvalue weighted by atomic mass is 32.2. The summed E-state index contributed by atoms with van der Waals surface area (Å²) in [5.74, 6) is 1.04. The summed E-state index contributed by atoms with van der Waals surface area (Å²) in [5.41, 5.74) is 3.02. The van der Waals surface area contributed by atoms with Gasteiger partial charge in [0.2, 0.25) is 0 Å². The molecule has 0 bridgehead atoms. The minimum Gasteiger partial charge on any atom is -0.385 e. The lowest BCUT2D eigenvalue weighted by Crippen LogP contribution is -2.07. The van der Waals surface area contributed by atoms with E-state index in [1.807, 2.05) is 25.1 Å². The topological polar surface area (TPSA) is 46.2 Å². The SMILES string of the molecule is Cc1c(CS(C)(=O)=O)cccc1NCCC1CC1. The van der Waals surface area contributed by atoms with Crippen molar-refractivity contribution in [2.45, 2.75) is 31.9 Å². The first-order chi connectivity index (χ1) is 8.46. The van der Waals surface area contributed by atoms with E-state index in [2.05, 4.69) is 5.32 Å². The normalized spacial score (nSPS) is 15.7. The molecule has 0 spiro atoms. The Labute approximate surface area is 110 Å². The van der Waals surface area contributed by atoms with Crippen LogP contribution in [-0.2, 0) is 15.6 Å². The van der Waals surface area contributed by atoms with E-state index in [0.717, 1.165) is 29.3 Å². The van der Waals surface area contributed by atoms with Gasteiger partial charge in [0.05, 0.1) is 5.75 Å². The molecule has 1 fully saturated rings. The first kappa shape index (κ1) is 13.4. The third-order valence-electron chi connectivity index (χ3n) is 3.43. The molecule has 0 aliphatic heterocycles. The van der Waals surface area contributed by atoms with Crippen LogP contribution in [0.4, 0.5) is 5.69 Å². The molecule has 4 heteroatoms. The average molecular weight is 267 g/mol. The Balaban J connectivity index is 2.03. The van der Waals surface area contributed by atoms with Gasteiger partial charge in [0.1, 0.15) is 0 Å². The van der Waals surface area contributed by atoms with Crippen LogP contribution < -0.4 is 5.32 Å². The van der Waals surface area contributed by atoms with E-state index in [1.165, 1.54) is 25.5 Å². The van der Waals surface area contributed by atoms with Gasteiger partial charge in [0, 0.05) is 18.5 Å². The van der Waals surface area contributed by atoms with Crippen molar-refractivity contribution in [1.82, 2.24) is 0 Å². The lowest BCUT2D eigenvalue weighted by atomic mass is 10.1. The fourth-order valence-electron chi connectivity index (χ4n) is 2.13. The molecule has 18 heavy (non-hydrogen) atoms. The molecule has 1 N–H and O–H groups in total. The zero-order valence-electron chi connectivity index (χ0n) is 11.1. The second kappa shape index (κ2) is 5.31. The van der Waals surface area contributed by atoms with Crippen LogP contribution in [0.2, 0.25) is 0 Å². The first-order valence-electron chi connectivity index (χ1n) is 6.46. The smallest absolute Gasteiger partial charge is 0.151 e. The van der Waals surface area contributed by atoms with Crippen LogP contribution in [0.5, 0.6) is 0 Å². The molecule has 0 atom stereocenters. The number of hydrogen-bond acceptors (Lipinski definition) is 3. The van der Waals surface area contributed by atoms with Gasteiger partial charge >= 0.3 is 0 Å². The van der Waals surface area contributed by atoms with E-state index in [4.69, 9.17) is 0 Å². The van der Waals surface area contributed by atoms with Crippen LogP contribution in [0.1, 0.15) is 30.4 Å². The molecule has 0 amide bonds. The van der Waals surface area contributed by atoms with E-state index >= 15 is 0 Å². The lowest BCUT2D eigenvalue weighted by molar-refractivity contribution is 0.601. The molecule has 1 aliphatic carbocycles. The molecule has 1 aromatic carbocycles. The molecule has 0 unspecified atom stereocenters. The summed E-state index contributed by atoms with van der Waals surface area (Å²) in [4.78, 5) is 0. The largest absolute Gasteiger partial charge is 0.385 e. The molecule has 100 valence electrons. The van der Waals surface area contributed by atoms with Crippen LogP contribution in [0.15, 0.2) is 18.2 Å². The number of nitrogens with one attached hydrogen (secondary N) is 1. The zero-order chi connectivity index (χ0) is 13.2. The van der Waals surface area contributed by atoms with Gasteiger partial charge in [-0.1, -0.05) is 25.0 Å². The van der Waals surface area contributed by atoms with Crippen LogP contribution in [-0.4, -0.2) is 21.2 Å². The number of hydrogen-bond donors (Lipinski definition) is 1. The molecular formula is C14H21NO2S. The summed E-state index contributed by atoms with van der Waals surface area (Å²) in [6, 6.07) is 5.84. The molecule has 0 heterocycles. The molecule has 0 saturated heterocycles. The maximum atomic E-state index is 11.4. The monoisotopic (exact) mass is 267 g/mol. The minimum atomic E-state index is -2.97. The Morgan fingerprint density at radius 2 is 2.06 bits per heavy atom. The van der Waals surface area contributed by atoms with Crippen molar-refractivity contribution < 1.29 is 8.42 Å². The van der Waals surface area contributed by atoms with Gasteiger partial charge in [-0.05, 0) is 36.5 Å². The van der Waals surface area contributed by atoms with Gasteiger partial charge in [-0.15, -0.1) is 0 Å². The van der Waals surface area contributed by atoms with E-state index in [1.54, 1.807) is 0 Å². The van der Waals surface area contributed by atoms with E-state index in [0.29, 0.717) is 0 Å². The van der Waals surface area contributed by atoms with E-state index < -0.39 is 9.84 Å². The van der Waals surface area contributed by atoms with Gasteiger partial charge in [-0.25, -0.2) is 8.42 Å². The average Bonchev–Trinajstić information content (AvgIpc) is 3.05. The fourth-order valence-corrected chi connectivity index (χ4v) is 3.01. The van der Waals surface area contributed by atoms with Crippen molar-refractivity contribution in [2.24, 2.45) is 5.92 Å². The zero-order valence-corrected chi connectivity index (χ0v) is 11.9. The third kappa shape index (κ3) is 4.02. The maximum absolute atomic E-state index is 11.4. The molecule has 3 nitrogen and oxygen atoms in total. The van der Waals surface area contributed by atoms with Crippen molar-refractivity contribution >= 4 is 15.5 Å². The van der Waals surface area contributed by atoms with Crippen LogP contribution in [0.3, 0.4) is 0 Å². The second-order valence-electron chi connectivity index (χ2n) is 5.32. The van der Waals surface area contributed by atoms with Gasteiger partial charge in [0.15, 0.2) is 9.84 Å². The van der Waals surface area contributed by atoms with Gasteiger partial charge in [-0.3, -0.25) is 0 Å². The Morgan fingerprint density at radius 3 is 2.67 bits per heavy atom. The number of anilines is 1. The predicted octanol–water partition coefficient (Wildman–Crippen LogP) is 2.75. The minimum absolute atomic E-state index is 0.122. The van der Waals surface area contributed by atoms with Crippen molar-refractivity contribution in [3.8, 4) is 0 Å². The number of sulfone groups is 1. The molecule has 1 saturated carbocycles. The van der Waals surface area contributed by atoms with Crippen molar-refractivity contribution in [2.75, 3.05) is 18.1 Å². The maximum Gasteiger partial charge on any atom is 0.151 e. The number of rotatable bonds is 6. The second-order valence-corrected chi connectivity index (χ2v) is 7.46. The standard InChI is InChI=1S/C14H21NO2S/c1-11-13(10-18(2,16)17)4-3-5-14(11)15-9-8-12-6-7-12/h3-5,12,15H,6-10H2,1-2H3. The summed E-state index contributed by atoms with van der Waals surface area (Å²) < 4.78 is 22.7. The van der Waals surface area contributed by atoms with Gasteiger partial charge in [0.25, 0.3) is 0 Å². The highest BCUT2D eigenvalue weighted by Gasteiger charge is 2.20. The van der Waals surface area contributed by atoms with E-state index in [-0.39, 0.29) is 5.75 Å².